The van der Waals surface area contributed by atoms with Crippen LogP contribution in [-0.2, 0) is 11.2 Å². The van der Waals surface area contributed by atoms with Gasteiger partial charge in [0.05, 0.1) is 5.02 Å². The molecule has 2 N–H and O–H groups in total. The highest BCUT2D eigenvalue weighted by Crippen LogP contribution is 2.26. The zero-order chi connectivity index (χ0) is 14.4. The van der Waals surface area contributed by atoms with Crippen LogP contribution in [0.4, 0.5) is 5.82 Å². The van der Waals surface area contributed by atoms with Crippen LogP contribution in [-0.4, -0.2) is 21.9 Å². The van der Waals surface area contributed by atoms with Crippen molar-refractivity contribution >= 4 is 35.1 Å². The van der Waals surface area contributed by atoms with Gasteiger partial charge in [-0.25, -0.2) is 0 Å². The third-order valence-corrected chi connectivity index (χ3v) is 4.22. The van der Waals surface area contributed by atoms with Gasteiger partial charge in [-0.05, 0) is 18.6 Å². The van der Waals surface area contributed by atoms with Gasteiger partial charge in [0, 0.05) is 28.8 Å². The number of thioether (sulfide) groups is 1. The van der Waals surface area contributed by atoms with Crippen LogP contribution >= 0.6 is 23.4 Å². The molecule has 0 aliphatic carbocycles. The van der Waals surface area contributed by atoms with Gasteiger partial charge in [0.2, 0.25) is 5.91 Å². The fourth-order valence-electron chi connectivity index (χ4n) is 1.63. The summed E-state index contributed by atoms with van der Waals surface area (Å²) in [7, 11) is 0. The van der Waals surface area contributed by atoms with E-state index in [0.29, 0.717) is 18.0 Å². The molecule has 0 saturated carbocycles. The van der Waals surface area contributed by atoms with Gasteiger partial charge in [0.15, 0.2) is 5.82 Å². The summed E-state index contributed by atoms with van der Waals surface area (Å²) in [6, 6.07) is 9.47. The first-order valence-electron chi connectivity index (χ1n) is 6.40. The molecule has 1 aromatic carbocycles. The SMILES string of the molecule is CCc1cc(NC(=O)CCSc2ccccc2Cl)n[nH]1. The Labute approximate surface area is 127 Å². The second-order valence-corrected chi connectivity index (χ2v) is 5.75. The largest absolute Gasteiger partial charge is 0.309 e. The number of nitrogens with zero attached hydrogens (tertiary/aromatic N) is 1. The molecule has 0 unspecified atom stereocenters. The zero-order valence-electron chi connectivity index (χ0n) is 11.1. The molecule has 1 amide bonds. The normalized spacial score (nSPS) is 10.5. The Hall–Kier alpha value is -1.46. The molecule has 4 nitrogen and oxygen atoms in total. The number of anilines is 1. The number of rotatable bonds is 6. The summed E-state index contributed by atoms with van der Waals surface area (Å²) in [5, 5.41) is 10.4. The maximum absolute atomic E-state index is 11.8. The predicted octanol–water partition coefficient (Wildman–Crippen LogP) is 3.75. The second-order valence-electron chi connectivity index (χ2n) is 4.21. The number of benzene rings is 1. The molecular formula is C14H16ClN3OS. The quantitative estimate of drug-likeness (QED) is 0.799. The Bertz CT molecular complexity index is 585. The van der Waals surface area contributed by atoms with Crippen LogP contribution in [0, 0.1) is 0 Å². The third kappa shape index (κ3) is 4.28. The number of aromatic amines is 1. The molecular weight excluding hydrogens is 294 g/mol. The van der Waals surface area contributed by atoms with Crippen molar-refractivity contribution in [3.63, 3.8) is 0 Å². The Morgan fingerprint density at radius 1 is 1.45 bits per heavy atom. The highest BCUT2D eigenvalue weighted by Gasteiger charge is 2.06. The average molecular weight is 310 g/mol. The monoisotopic (exact) mass is 309 g/mol. The van der Waals surface area contributed by atoms with Gasteiger partial charge in [0.1, 0.15) is 0 Å². The number of aryl methyl sites for hydroxylation is 1. The summed E-state index contributed by atoms with van der Waals surface area (Å²) in [5.41, 5.74) is 1.01. The van der Waals surface area contributed by atoms with E-state index in [1.54, 1.807) is 11.8 Å². The van der Waals surface area contributed by atoms with Crippen molar-refractivity contribution in [1.82, 2.24) is 10.2 Å². The van der Waals surface area contributed by atoms with E-state index in [1.165, 1.54) is 0 Å². The van der Waals surface area contributed by atoms with Crippen LogP contribution in [0.15, 0.2) is 35.2 Å². The Morgan fingerprint density at radius 2 is 2.25 bits per heavy atom. The molecule has 6 heteroatoms. The van der Waals surface area contributed by atoms with Crippen molar-refractivity contribution in [3.05, 3.63) is 41.0 Å². The summed E-state index contributed by atoms with van der Waals surface area (Å²) in [6.45, 7) is 2.03. The minimum absolute atomic E-state index is 0.0429. The highest BCUT2D eigenvalue weighted by atomic mass is 35.5. The lowest BCUT2D eigenvalue weighted by Crippen LogP contribution is -2.12. The van der Waals surface area contributed by atoms with Crippen LogP contribution < -0.4 is 5.32 Å². The Morgan fingerprint density at radius 3 is 2.95 bits per heavy atom. The molecule has 20 heavy (non-hydrogen) atoms. The summed E-state index contributed by atoms with van der Waals surface area (Å²) < 4.78 is 0. The van der Waals surface area contributed by atoms with Crippen molar-refractivity contribution in [2.24, 2.45) is 0 Å². The van der Waals surface area contributed by atoms with Crippen molar-refractivity contribution in [2.75, 3.05) is 11.1 Å². The van der Waals surface area contributed by atoms with Gasteiger partial charge in [0.25, 0.3) is 0 Å². The molecule has 0 aliphatic heterocycles. The van der Waals surface area contributed by atoms with Crippen molar-refractivity contribution in [1.29, 1.82) is 0 Å². The van der Waals surface area contributed by atoms with E-state index < -0.39 is 0 Å². The molecule has 0 bridgehead atoms. The predicted molar refractivity (Wildman–Crippen MR) is 83.4 cm³/mol. The average Bonchev–Trinajstić information content (AvgIpc) is 2.88. The van der Waals surface area contributed by atoms with E-state index in [4.69, 9.17) is 11.6 Å². The van der Waals surface area contributed by atoms with E-state index in [2.05, 4.69) is 15.5 Å². The molecule has 2 rings (SSSR count). The molecule has 0 atom stereocenters. The maximum Gasteiger partial charge on any atom is 0.226 e. The van der Waals surface area contributed by atoms with Gasteiger partial charge < -0.3 is 5.32 Å². The van der Waals surface area contributed by atoms with E-state index >= 15 is 0 Å². The third-order valence-electron chi connectivity index (χ3n) is 2.70. The molecule has 0 aliphatic rings. The highest BCUT2D eigenvalue weighted by molar-refractivity contribution is 7.99. The molecule has 0 radical (unpaired) electrons. The molecule has 0 saturated heterocycles. The number of amides is 1. The maximum atomic E-state index is 11.8. The molecule has 1 aromatic heterocycles. The van der Waals surface area contributed by atoms with Crippen molar-refractivity contribution in [2.45, 2.75) is 24.7 Å². The van der Waals surface area contributed by atoms with Crippen LogP contribution in [0.3, 0.4) is 0 Å². The molecule has 2 aromatic rings. The standard InChI is InChI=1S/C14H16ClN3OS/c1-2-10-9-13(18-17-10)16-14(19)7-8-20-12-6-4-3-5-11(12)15/h3-6,9H,2,7-8H2,1H3,(H2,16,17,18,19). The van der Waals surface area contributed by atoms with Gasteiger partial charge in [-0.2, -0.15) is 5.10 Å². The first kappa shape index (κ1) is 14.9. The van der Waals surface area contributed by atoms with Gasteiger partial charge >= 0.3 is 0 Å². The number of halogens is 1. The fraction of sp³-hybridized carbons (Fsp3) is 0.286. The van der Waals surface area contributed by atoms with Crippen LogP contribution in [0.5, 0.6) is 0 Å². The smallest absolute Gasteiger partial charge is 0.226 e. The van der Waals surface area contributed by atoms with Gasteiger partial charge in [-0.3, -0.25) is 9.89 Å². The minimum Gasteiger partial charge on any atom is -0.309 e. The molecule has 0 fully saturated rings. The van der Waals surface area contributed by atoms with Crippen molar-refractivity contribution in [3.8, 4) is 0 Å². The number of aromatic nitrogens is 2. The minimum atomic E-state index is -0.0429. The zero-order valence-corrected chi connectivity index (χ0v) is 12.7. The van der Waals surface area contributed by atoms with Gasteiger partial charge in [-0.1, -0.05) is 30.7 Å². The number of carbonyl (C=O) groups is 1. The lowest BCUT2D eigenvalue weighted by molar-refractivity contribution is -0.115. The van der Waals surface area contributed by atoms with Gasteiger partial charge in [-0.15, -0.1) is 11.8 Å². The van der Waals surface area contributed by atoms with E-state index in [-0.39, 0.29) is 5.91 Å². The molecule has 0 spiro atoms. The van der Waals surface area contributed by atoms with Crippen LogP contribution in [0.1, 0.15) is 19.0 Å². The fourth-order valence-corrected chi connectivity index (χ4v) is 2.82. The lowest BCUT2D eigenvalue weighted by Gasteiger charge is -2.04. The summed E-state index contributed by atoms with van der Waals surface area (Å²) in [6.07, 6.45) is 1.29. The number of nitrogens with one attached hydrogen (secondary N) is 2. The number of H-pyrrole nitrogens is 1. The number of hydrogen-bond acceptors (Lipinski definition) is 3. The number of carbonyl (C=O) groups excluding carboxylic acids is 1. The molecule has 106 valence electrons. The summed E-state index contributed by atoms with van der Waals surface area (Å²) in [4.78, 5) is 12.8. The first-order valence-corrected chi connectivity index (χ1v) is 7.77. The van der Waals surface area contributed by atoms with E-state index in [9.17, 15) is 4.79 Å². The topological polar surface area (TPSA) is 57.8 Å². The Balaban J connectivity index is 1.77. The second kappa shape index (κ2) is 7.36. The summed E-state index contributed by atoms with van der Waals surface area (Å²) in [5.74, 6) is 1.22. The van der Waals surface area contributed by atoms with E-state index in [0.717, 1.165) is 22.0 Å². The van der Waals surface area contributed by atoms with E-state index in [1.807, 2.05) is 37.3 Å². The Kier molecular flexibility index (Phi) is 5.49. The first-order chi connectivity index (χ1) is 9.69. The van der Waals surface area contributed by atoms with Crippen LogP contribution in [0.25, 0.3) is 0 Å². The molecule has 1 heterocycles. The van der Waals surface area contributed by atoms with Crippen LogP contribution in [0.2, 0.25) is 5.02 Å². The van der Waals surface area contributed by atoms with Crippen molar-refractivity contribution < 1.29 is 4.79 Å². The number of hydrogen-bond donors (Lipinski definition) is 2. The lowest BCUT2D eigenvalue weighted by atomic mass is 10.3. The summed E-state index contributed by atoms with van der Waals surface area (Å²) >= 11 is 7.63.